The van der Waals surface area contributed by atoms with Gasteiger partial charge in [0.05, 0.1) is 11.9 Å². The highest BCUT2D eigenvalue weighted by molar-refractivity contribution is 5.47. The molecule has 0 atom stereocenters. The molecule has 1 aromatic carbocycles. The van der Waals surface area contributed by atoms with Crippen LogP contribution in [0.15, 0.2) is 30.5 Å². The van der Waals surface area contributed by atoms with E-state index in [4.69, 9.17) is 5.73 Å². The molecule has 0 spiro atoms. The third kappa shape index (κ3) is 3.09. The second-order valence-electron chi connectivity index (χ2n) is 5.88. The van der Waals surface area contributed by atoms with Crippen molar-refractivity contribution in [1.29, 1.82) is 0 Å². The normalized spacial score (nSPS) is 17.2. The van der Waals surface area contributed by atoms with Crippen LogP contribution in [-0.2, 0) is 6.54 Å². The fraction of sp³-hybridized carbons (Fsp3) is 0.438. The molecular weight excluding hydrogens is 262 g/mol. The van der Waals surface area contributed by atoms with E-state index < -0.39 is 0 Å². The molecule has 2 aromatic rings. The highest BCUT2D eigenvalue weighted by Gasteiger charge is 2.17. The molecule has 0 aliphatic carbocycles. The van der Waals surface area contributed by atoms with E-state index in [-0.39, 0.29) is 0 Å². The van der Waals surface area contributed by atoms with Gasteiger partial charge in [-0.05, 0) is 26.1 Å². The third-order valence-electron chi connectivity index (χ3n) is 4.15. The van der Waals surface area contributed by atoms with Crippen molar-refractivity contribution in [2.45, 2.75) is 13.5 Å². The number of benzene rings is 1. The zero-order valence-corrected chi connectivity index (χ0v) is 12.8. The molecule has 1 fully saturated rings. The lowest BCUT2D eigenvalue weighted by Crippen LogP contribution is -2.43. The second kappa shape index (κ2) is 5.87. The Morgan fingerprint density at radius 1 is 1.10 bits per heavy atom. The van der Waals surface area contributed by atoms with Crippen LogP contribution in [-0.4, -0.2) is 52.8 Å². The number of rotatable bonds is 3. The predicted octanol–water partition coefficient (Wildman–Crippen LogP) is 1.51. The number of aromatic nitrogens is 2. The van der Waals surface area contributed by atoms with Crippen molar-refractivity contribution >= 4 is 5.82 Å². The molecular formula is C16H23N5. The van der Waals surface area contributed by atoms with Crippen LogP contribution in [0.5, 0.6) is 0 Å². The fourth-order valence-electron chi connectivity index (χ4n) is 2.65. The molecule has 0 bridgehead atoms. The van der Waals surface area contributed by atoms with Crippen molar-refractivity contribution in [3.8, 4) is 5.69 Å². The summed E-state index contributed by atoms with van der Waals surface area (Å²) in [6.45, 7) is 7.37. The summed E-state index contributed by atoms with van der Waals surface area (Å²) in [6.07, 6.45) is 1.90. The number of aryl methyl sites for hydroxylation is 1. The molecule has 2 N–H and O–H groups in total. The zero-order valence-electron chi connectivity index (χ0n) is 12.8. The van der Waals surface area contributed by atoms with Crippen LogP contribution >= 0.6 is 0 Å². The maximum atomic E-state index is 6.28. The van der Waals surface area contributed by atoms with Gasteiger partial charge in [-0.15, -0.1) is 0 Å². The maximum absolute atomic E-state index is 6.28. The summed E-state index contributed by atoms with van der Waals surface area (Å²) < 4.78 is 1.82. The van der Waals surface area contributed by atoms with E-state index in [1.807, 2.05) is 10.9 Å². The molecule has 1 saturated heterocycles. The molecule has 0 unspecified atom stereocenters. The topological polar surface area (TPSA) is 50.3 Å². The monoisotopic (exact) mass is 285 g/mol. The first-order valence-electron chi connectivity index (χ1n) is 7.44. The van der Waals surface area contributed by atoms with Crippen LogP contribution in [0.2, 0.25) is 0 Å². The standard InChI is InChI=1S/C16H23N5/c1-13-3-5-15(6-4-13)21-16(17)14(11-18-21)12-20-9-7-19(2)8-10-20/h3-6,11H,7-10,12,17H2,1-2H3. The first-order valence-corrected chi connectivity index (χ1v) is 7.44. The smallest absolute Gasteiger partial charge is 0.131 e. The molecule has 0 saturated carbocycles. The number of anilines is 1. The van der Waals surface area contributed by atoms with Crippen molar-refractivity contribution < 1.29 is 0 Å². The van der Waals surface area contributed by atoms with Gasteiger partial charge in [0.2, 0.25) is 0 Å². The summed E-state index contributed by atoms with van der Waals surface area (Å²) in [5, 5.41) is 4.45. The highest BCUT2D eigenvalue weighted by Crippen LogP contribution is 2.19. The summed E-state index contributed by atoms with van der Waals surface area (Å²) in [6, 6.07) is 8.27. The average molecular weight is 285 g/mol. The van der Waals surface area contributed by atoms with Crippen LogP contribution in [0.1, 0.15) is 11.1 Å². The van der Waals surface area contributed by atoms with Gasteiger partial charge >= 0.3 is 0 Å². The van der Waals surface area contributed by atoms with Gasteiger partial charge in [-0.3, -0.25) is 4.90 Å². The molecule has 21 heavy (non-hydrogen) atoms. The first-order chi connectivity index (χ1) is 10.1. The van der Waals surface area contributed by atoms with E-state index in [1.165, 1.54) is 5.56 Å². The molecule has 5 nitrogen and oxygen atoms in total. The van der Waals surface area contributed by atoms with E-state index in [2.05, 4.69) is 53.1 Å². The fourth-order valence-corrected chi connectivity index (χ4v) is 2.65. The number of nitrogens with zero attached hydrogens (tertiary/aromatic N) is 4. The molecule has 5 heteroatoms. The van der Waals surface area contributed by atoms with E-state index in [0.717, 1.165) is 49.8 Å². The lowest BCUT2D eigenvalue weighted by Gasteiger charge is -2.32. The van der Waals surface area contributed by atoms with Gasteiger partial charge in [0.25, 0.3) is 0 Å². The van der Waals surface area contributed by atoms with Crippen LogP contribution < -0.4 is 5.73 Å². The molecule has 1 aliphatic heterocycles. The number of nitrogens with two attached hydrogens (primary N) is 1. The molecule has 3 rings (SSSR count). The molecule has 112 valence electrons. The minimum atomic E-state index is 0.748. The van der Waals surface area contributed by atoms with Crippen LogP contribution in [0, 0.1) is 6.92 Å². The van der Waals surface area contributed by atoms with Gasteiger partial charge in [-0.25, -0.2) is 4.68 Å². The Kier molecular flexibility index (Phi) is 3.94. The van der Waals surface area contributed by atoms with Crippen LogP contribution in [0.3, 0.4) is 0 Å². The van der Waals surface area contributed by atoms with Crippen molar-refractivity contribution in [2.24, 2.45) is 0 Å². The van der Waals surface area contributed by atoms with Crippen molar-refractivity contribution in [3.63, 3.8) is 0 Å². The minimum Gasteiger partial charge on any atom is -0.383 e. The van der Waals surface area contributed by atoms with E-state index >= 15 is 0 Å². The first kappa shape index (κ1) is 14.1. The highest BCUT2D eigenvalue weighted by atomic mass is 15.3. The number of piperazine rings is 1. The molecule has 1 aromatic heterocycles. The van der Waals surface area contributed by atoms with Gasteiger partial charge in [0.1, 0.15) is 5.82 Å². The van der Waals surface area contributed by atoms with Gasteiger partial charge in [-0.1, -0.05) is 17.7 Å². The van der Waals surface area contributed by atoms with Crippen LogP contribution in [0.4, 0.5) is 5.82 Å². The quantitative estimate of drug-likeness (QED) is 0.929. The maximum Gasteiger partial charge on any atom is 0.131 e. The molecule has 1 aliphatic rings. The van der Waals surface area contributed by atoms with Crippen molar-refractivity contribution in [3.05, 3.63) is 41.6 Å². The Morgan fingerprint density at radius 2 is 1.76 bits per heavy atom. The Hall–Kier alpha value is -1.85. The largest absolute Gasteiger partial charge is 0.383 e. The lowest BCUT2D eigenvalue weighted by atomic mass is 10.2. The summed E-state index contributed by atoms with van der Waals surface area (Å²) in [5.41, 5.74) is 9.65. The number of likely N-dealkylation sites (N-methyl/N-ethyl adjacent to an activating group) is 1. The number of hydrogen-bond donors (Lipinski definition) is 1. The Morgan fingerprint density at radius 3 is 2.43 bits per heavy atom. The predicted molar refractivity (Wildman–Crippen MR) is 85.5 cm³/mol. The van der Waals surface area contributed by atoms with Gasteiger partial charge < -0.3 is 10.6 Å². The number of nitrogen functional groups attached to an aromatic ring is 1. The summed E-state index contributed by atoms with van der Waals surface area (Å²) in [5.74, 6) is 0.748. The summed E-state index contributed by atoms with van der Waals surface area (Å²) >= 11 is 0. The van der Waals surface area contributed by atoms with Crippen molar-refractivity contribution in [2.75, 3.05) is 39.0 Å². The Bertz CT molecular complexity index is 594. The number of hydrogen-bond acceptors (Lipinski definition) is 4. The molecule has 0 radical (unpaired) electrons. The van der Waals surface area contributed by atoms with E-state index in [1.54, 1.807) is 0 Å². The minimum absolute atomic E-state index is 0.748. The molecule has 0 amide bonds. The van der Waals surface area contributed by atoms with Gasteiger partial charge in [0.15, 0.2) is 0 Å². The van der Waals surface area contributed by atoms with Gasteiger partial charge in [-0.2, -0.15) is 5.10 Å². The summed E-state index contributed by atoms with van der Waals surface area (Å²) in [7, 11) is 2.17. The van der Waals surface area contributed by atoms with Crippen LogP contribution in [0.25, 0.3) is 5.69 Å². The SMILES string of the molecule is Cc1ccc(-n2ncc(CN3CCN(C)CC3)c2N)cc1. The third-order valence-corrected chi connectivity index (χ3v) is 4.15. The van der Waals surface area contributed by atoms with Gasteiger partial charge in [0, 0.05) is 38.3 Å². The average Bonchev–Trinajstić information content (AvgIpc) is 2.84. The lowest BCUT2D eigenvalue weighted by molar-refractivity contribution is 0.148. The Balaban J connectivity index is 1.75. The van der Waals surface area contributed by atoms with E-state index in [9.17, 15) is 0 Å². The van der Waals surface area contributed by atoms with E-state index in [0.29, 0.717) is 0 Å². The zero-order chi connectivity index (χ0) is 14.8. The summed E-state index contributed by atoms with van der Waals surface area (Å²) in [4.78, 5) is 4.79. The molecule has 2 heterocycles. The second-order valence-corrected chi connectivity index (χ2v) is 5.88. The van der Waals surface area contributed by atoms with Crippen molar-refractivity contribution in [1.82, 2.24) is 19.6 Å². The Labute approximate surface area is 126 Å².